The molecule has 180 valence electrons. The lowest BCUT2D eigenvalue weighted by Crippen LogP contribution is -2.55. The standard InChI is InChI=1S/C25H29ClN4O4/c1-25(2,3)22-15(6-5-11-30(22)24(32)33)13-34-20-8-4-7-18-21(20)23(28-14-27-18)29-16-9-10-19(31)17(26)12-16/h4,7-10,12,14-15,22,31H,5-6,11,13H2,1-3H3,(H,32,33)(H,27,28,29)/t15-,22?/m1/s1. The van der Waals surface area contributed by atoms with Crippen LogP contribution in [0, 0.1) is 11.3 Å². The maximum absolute atomic E-state index is 11.9. The number of rotatable bonds is 5. The lowest BCUT2D eigenvalue weighted by Gasteiger charge is -2.46. The molecule has 0 radical (unpaired) electrons. The van der Waals surface area contributed by atoms with E-state index in [9.17, 15) is 15.0 Å². The third kappa shape index (κ3) is 4.97. The number of nitrogens with zero attached hydrogens (tertiary/aromatic N) is 3. The third-order valence-corrected chi connectivity index (χ3v) is 6.48. The van der Waals surface area contributed by atoms with Crippen LogP contribution in [0.5, 0.6) is 11.5 Å². The Kier molecular flexibility index (Phi) is 6.70. The summed E-state index contributed by atoms with van der Waals surface area (Å²) in [7, 11) is 0. The number of aromatic hydroxyl groups is 1. The minimum atomic E-state index is -0.887. The molecule has 3 aromatic rings. The Morgan fingerprint density at radius 1 is 1.26 bits per heavy atom. The van der Waals surface area contributed by atoms with E-state index in [4.69, 9.17) is 16.3 Å². The molecule has 2 heterocycles. The van der Waals surface area contributed by atoms with E-state index in [0.29, 0.717) is 41.3 Å². The van der Waals surface area contributed by atoms with Crippen molar-refractivity contribution in [1.82, 2.24) is 14.9 Å². The molecule has 3 N–H and O–H groups in total. The van der Waals surface area contributed by atoms with E-state index in [0.717, 1.165) is 12.8 Å². The van der Waals surface area contributed by atoms with Crippen molar-refractivity contribution in [1.29, 1.82) is 0 Å². The summed E-state index contributed by atoms with van der Waals surface area (Å²) in [6.07, 6.45) is 2.28. The van der Waals surface area contributed by atoms with Crippen LogP contribution in [-0.2, 0) is 0 Å². The quantitative estimate of drug-likeness (QED) is 0.386. The number of anilines is 2. The summed E-state index contributed by atoms with van der Waals surface area (Å²) in [4.78, 5) is 22.2. The summed E-state index contributed by atoms with van der Waals surface area (Å²) < 4.78 is 6.33. The first-order valence-electron chi connectivity index (χ1n) is 11.3. The van der Waals surface area contributed by atoms with Gasteiger partial charge in [-0.3, -0.25) is 0 Å². The lowest BCUT2D eigenvalue weighted by atomic mass is 9.74. The number of fused-ring (bicyclic) bond motifs is 1. The molecule has 1 fully saturated rings. The predicted molar refractivity (Wildman–Crippen MR) is 132 cm³/mol. The van der Waals surface area contributed by atoms with Gasteiger partial charge in [0.05, 0.1) is 22.5 Å². The van der Waals surface area contributed by atoms with Crippen LogP contribution in [0.15, 0.2) is 42.7 Å². The summed E-state index contributed by atoms with van der Waals surface area (Å²) in [5, 5.41) is 23.7. The van der Waals surface area contributed by atoms with Gasteiger partial charge in [0.15, 0.2) is 0 Å². The highest BCUT2D eigenvalue weighted by Gasteiger charge is 2.42. The number of aromatic nitrogens is 2. The number of hydrogen-bond donors (Lipinski definition) is 3. The van der Waals surface area contributed by atoms with E-state index in [2.05, 4.69) is 36.1 Å². The summed E-state index contributed by atoms with van der Waals surface area (Å²) in [6.45, 7) is 7.14. The van der Waals surface area contributed by atoms with Gasteiger partial charge in [0, 0.05) is 24.2 Å². The van der Waals surface area contributed by atoms with Crippen LogP contribution in [0.25, 0.3) is 10.9 Å². The number of phenols is 1. The monoisotopic (exact) mass is 484 g/mol. The molecule has 1 aromatic heterocycles. The average Bonchev–Trinajstić information content (AvgIpc) is 2.79. The molecule has 2 atom stereocenters. The Morgan fingerprint density at radius 3 is 2.76 bits per heavy atom. The Labute approximate surface area is 203 Å². The van der Waals surface area contributed by atoms with Crippen LogP contribution < -0.4 is 10.1 Å². The van der Waals surface area contributed by atoms with Crippen LogP contribution in [-0.4, -0.2) is 50.4 Å². The number of phenolic OH excluding ortho intramolecular Hbond substituents is 1. The summed E-state index contributed by atoms with van der Waals surface area (Å²) >= 11 is 6.06. The number of carboxylic acid groups (broad SMARTS) is 1. The van der Waals surface area contributed by atoms with Crippen LogP contribution in [0.2, 0.25) is 5.02 Å². The molecule has 0 spiro atoms. The second kappa shape index (κ2) is 9.54. The zero-order valence-electron chi connectivity index (χ0n) is 19.5. The minimum absolute atomic E-state index is 0.0000683. The SMILES string of the molecule is CC(C)(C)C1[C@@H](COc2cccc3ncnc(Nc4ccc(O)c(Cl)c4)c23)CCCN1C(=O)O. The molecule has 8 nitrogen and oxygen atoms in total. The number of hydrogen-bond acceptors (Lipinski definition) is 6. The van der Waals surface area contributed by atoms with Gasteiger partial charge in [-0.25, -0.2) is 14.8 Å². The Morgan fingerprint density at radius 2 is 2.06 bits per heavy atom. The van der Waals surface area contributed by atoms with Crippen LogP contribution in [0.4, 0.5) is 16.3 Å². The minimum Gasteiger partial charge on any atom is -0.506 e. The molecule has 34 heavy (non-hydrogen) atoms. The number of amides is 1. The van der Waals surface area contributed by atoms with Gasteiger partial charge in [-0.15, -0.1) is 0 Å². The number of carbonyl (C=O) groups is 1. The Bertz CT molecular complexity index is 1190. The first-order chi connectivity index (χ1) is 16.1. The van der Waals surface area contributed by atoms with Gasteiger partial charge in [0.2, 0.25) is 0 Å². The first kappa shape index (κ1) is 23.9. The molecule has 2 aromatic carbocycles. The number of nitrogens with one attached hydrogen (secondary N) is 1. The fraction of sp³-hybridized carbons (Fsp3) is 0.400. The molecule has 1 amide bonds. The van der Waals surface area contributed by atoms with E-state index < -0.39 is 6.09 Å². The second-order valence-electron chi connectivity index (χ2n) is 9.66. The van der Waals surface area contributed by atoms with Gasteiger partial charge in [0.1, 0.15) is 23.6 Å². The highest BCUT2D eigenvalue weighted by Crippen LogP contribution is 2.38. The van der Waals surface area contributed by atoms with Crippen molar-refractivity contribution in [2.24, 2.45) is 11.3 Å². The largest absolute Gasteiger partial charge is 0.506 e. The van der Waals surface area contributed by atoms with Crippen LogP contribution >= 0.6 is 11.6 Å². The zero-order valence-corrected chi connectivity index (χ0v) is 20.2. The predicted octanol–water partition coefficient (Wildman–Crippen LogP) is 5.92. The van der Waals surface area contributed by atoms with Gasteiger partial charge in [-0.05, 0) is 48.6 Å². The average molecular weight is 485 g/mol. The van der Waals surface area contributed by atoms with Gasteiger partial charge < -0.3 is 25.2 Å². The van der Waals surface area contributed by atoms with Crippen molar-refractivity contribution in [3.8, 4) is 11.5 Å². The van der Waals surface area contributed by atoms with Gasteiger partial charge in [0.25, 0.3) is 0 Å². The summed E-state index contributed by atoms with van der Waals surface area (Å²) in [5.41, 5.74) is 1.15. The molecule has 1 saturated heterocycles. The molecule has 9 heteroatoms. The molecule has 0 saturated carbocycles. The first-order valence-corrected chi connectivity index (χ1v) is 11.6. The normalized spacial score (nSPS) is 18.6. The van der Waals surface area contributed by atoms with Crippen molar-refractivity contribution < 1.29 is 19.7 Å². The lowest BCUT2D eigenvalue weighted by molar-refractivity contribution is 0.00696. The van der Waals surface area contributed by atoms with E-state index in [1.807, 2.05) is 18.2 Å². The van der Waals surface area contributed by atoms with Crippen molar-refractivity contribution in [2.45, 2.75) is 39.7 Å². The molecule has 1 aliphatic heterocycles. The van der Waals surface area contributed by atoms with Gasteiger partial charge >= 0.3 is 6.09 Å². The fourth-order valence-electron chi connectivity index (χ4n) is 4.85. The maximum atomic E-state index is 11.9. The summed E-state index contributed by atoms with van der Waals surface area (Å²) in [6, 6.07) is 10.3. The third-order valence-electron chi connectivity index (χ3n) is 6.18. The van der Waals surface area contributed by atoms with Crippen molar-refractivity contribution in [3.63, 3.8) is 0 Å². The van der Waals surface area contributed by atoms with Crippen molar-refractivity contribution in [3.05, 3.63) is 47.7 Å². The van der Waals surface area contributed by atoms with Crippen LogP contribution in [0.3, 0.4) is 0 Å². The molecule has 0 aliphatic carbocycles. The molecule has 1 aliphatic rings. The topological polar surface area (TPSA) is 108 Å². The van der Waals surface area contributed by atoms with E-state index in [1.54, 1.807) is 17.0 Å². The molecular formula is C25H29ClN4O4. The van der Waals surface area contributed by atoms with Crippen LogP contribution in [0.1, 0.15) is 33.6 Å². The highest BCUT2D eigenvalue weighted by molar-refractivity contribution is 6.32. The molecule has 0 bridgehead atoms. The Hall–Kier alpha value is -3.26. The van der Waals surface area contributed by atoms with Gasteiger partial charge in [-0.2, -0.15) is 0 Å². The number of benzene rings is 2. The second-order valence-corrected chi connectivity index (χ2v) is 10.1. The molecular weight excluding hydrogens is 456 g/mol. The summed E-state index contributed by atoms with van der Waals surface area (Å²) in [5.74, 6) is 1.22. The smallest absolute Gasteiger partial charge is 0.407 e. The van der Waals surface area contributed by atoms with Crippen molar-refractivity contribution in [2.75, 3.05) is 18.5 Å². The highest BCUT2D eigenvalue weighted by atomic mass is 35.5. The Balaban J connectivity index is 1.63. The molecule has 4 rings (SSSR count). The van der Waals surface area contributed by atoms with Crippen molar-refractivity contribution >= 4 is 40.1 Å². The number of piperidine rings is 1. The molecule has 1 unspecified atom stereocenters. The number of halogens is 1. The fourth-order valence-corrected chi connectivity index (χ4v) is 5.03. The maximum Gasteiger partial charge on any atom is 0.407 e. The van der Waals surface area contributed by atoms with Gasteiger partial charge in [-0.1, -0.05) is 38.4 Å². The van der Waals surface area contributed by atoms with E-state index in [-0.39, 0.29) is 28.1 Å². The van der Waals surface area contributed by atoms with E-state index in [1.165, 1.54) is 12.4 Å². The van der Waals surface area contributed by atoms with E-state index >= 15 is 0 Å². The zero-order chi connectivity index (χ0) is 24.5. The number of ether oxygens (including phenoxy) is 1. The number of likely N-dealkylation sites (tertiary alicyclic amines) is 1.